The molecule has 0 saturated carbocycles. The number of carbonyl (C=O) groups is 2. The van der Waals surface area contributed by atoms with Crippen molar-refractivity contribution in [2.24, 2.45) is 5.92 Å². The van der Waals surface area contributed by atoms with Crippen molar-refractivity contribution in [1.82, 2.24) is 0 Å². The van der Waals surface area contributed by atoms with E-state index >= 15 is 0 Å². The van der Waals surface area contributed by atoms with Gasteiger partial charge in [-0.15, -0.1) is 0 Å². The number of nitrogens with one attached hydrogen (secondary N) is 2. The molecule has 29 heavy (non-hydrogen) atoms. The van der Waals surface area contributed by atoms with Gasteiger partial charge in [-0.1, -0.05) is 6.92 Å². The highest BCUT2D eigenvalue weighted by molar-refractivity contribution is 7.94. The standard InChI is InChI=1S/C18H19N3O6S2/c1-12-11-28(24,25)21(18(12)23)16-7-9-17(10-8-16)29(26,27)20-15-5-3-14(4-6-15)19-13(2)22/h3-10,12,20H,11H2,1-2H3,(H,19,22). The molecule has 2 aromatic carbocycles. The number of benzene rings is 2. The number of carbonyl (C=O) groups excluding carboxylic acids is 2. The summed E-state index contributed by atoms with van der Waals surface area (Å²) in [5, 5.41) is 2.58. The van der Waals surface area contributed by atoms with Gasteiger partial charge in [0.1, 0.15) is 0 Å². The van der Waals surface area contributed by atoms with Crippen LogP contribution in [-0.4, -0.2) is 34.4 Å². The lowest BCUT2D eigenvalue weighted by Crippen LogP contribution is -2.30. The summed E-state index contributed by atoms with van der Waals surface area (Å²) in [5.74, 6) is -1.71. The summed E-state index contributed by atoms with van der Waals surface area (Å²) in [6.45, 7) is 2.89. The third-order valence-electron chi connectivity index (χ3n) is 4.20. The van der Waals surface area contributed by atoms with Gasteiger partial charge in [0.2, 0.25) is 21.8 Å². The number of hydrogen-bond acceptors (Lipinski definition) is 6. The van der Waals surface area contributed by atoms with Crippen molar-refractivity contribution in [3.8, 4) is 0 Å². The van der Waals surface area contributed by atoms with Crippen LogP contribution in [0.4, 0.5) is 17.1 Å². The van der Waals surface area contributed by atoms with Crippen LogP contribution in [0.2, 0.25) is 0 Å². The van der Waals surface area contributed by atoms with Crippen LogP contribution < -0.4 is 14.3 Å². The van der Waals surface area contributed by atoms with Crippen molar-refractivity contribution >= 4 is 48.9 Å². The molecule has 0 bridgehead atoms. The van der Waals surface area contributed by atoms with E-state index in [1.165, 1.54) is 50.2 Å². The second-order valence-corrected chi connectivity index (χ2v) is 10.2. The minimum absolute atomic E-state index is 0.0933. The minimum atomic E-state index is -3.93. The van der Waals surface area contributed by atoms with Crippen molar-refractivity contribution in [3.05, 3.63) is 48.5 Å². The highest BCUT2D eigenvalue weighted by Gasteiger charge is 2.41. The predicted molar refractivity (Wildman–Crippen MR) is 108 cm³/mol. The molecule has 0 aromatic heterocycles. The third kappa shape index (κ3) is 4.40. The molecule has 9 nitrogen and oxygen atoms in total. The van der Waals surface area contributed by atoms with Crippen LogP contribution >= 0.6 is 0 Å². The summed E-state index contributed by atoms with van der Waals surface area (Å²) in [7, 11) is -7.69. The van der Waals surface area contributed by atoms with Gasteiger partial charge in [0, 0.05) is 18.3 Å². The van der Waals surface area contributed by atoms with E-state index in [1.807, 2.05) is 0 Å². The summed E-state index contributed by atoms with van der Waals surface area (Å²) >= 11 is 0. The van der Waals surface area contributed by atoms with Gasteiger partial charge >= 0.3 is 0 Å². The number of amides is 2. The summed E-state index contributed by atoms with van der Waals surface area (Å²) in [5.41, 5.74) is 0.905. The second kappa shape index (κ2) is 7.48. The monoisotopic (exact) mass is 437 g/mol. The Kier molecular flexibility index (Phi) is 5.37. The van der Waals surface area contributed by atoms with Crippen LogP contribution in [0.1, 0.15) is 13.8 Å². The van der Waals surface area contributed by atoms with E-state index in [0.717, 1.165) is 0 Å². The van der Waals surface area contributed by atoms with E-state index in [1.54, 1.807) is 12.1 Å². The lowest BCUT2D eigenvalue weighted by molar-refractivity contribution is -0.119. The molecule has 1 atom stereocenters. The highest BCUT2D eigenvalue weighted by Crippen LogP contribution is 2.29. The van der Waals surface area contributed by atoms with E-state index < -0.39 is 31.9 Å². The largest absolute Gasteiger partial charge is 0.326 e. The molecule has 1 saturated heterocycles. The zero-order chi connectivity index (χ0) is 21.4. The van der Waals surface area contributed by atoms with Crippen LogP contribution in [0.15, 0.2) is 53.4 Å². The van der Waals surface area contributed by atoms with Crippen molar-refractivity contribution in [1.29, 1.82) is 0 Å². The average molecular weight is 437 g/mol. The number of anilines is 3. The summed E-state index contributed by atoms with van der Waals surface area (Å²) in [4.78, 5) is 23.1. The molecule has 154 valence electrons. The fourth-order valence-corrected chi connectivity index (χ4v) is 5.77. The van der Waals surface area contributed by atoms with E-state index in [-0.39, 0.29) is 27.9 Å². The first-order chi connectivity index (χ1) is 13.5. The SMILES string of the molecule is CC(=O)Nc1ccc(NS(=O)(=O)c2ccc(N3C(=O)C(C)CS3(=O)=O)cc2)cc1. The zero-order valence-corrected chi connectivity index (χ0v) is 17.2. The van der Waals surface area contributed by atoms with Crippen molar-refractivity contribution < 1.29 is 26.4 Å². The Morgan fingerprint density at radius 1 is 1.03 bits per heavy atom. The van der Waals surface area contributed by atoms with Crippen LogP contribution in [0.25, 0.3) is 0 Å². The van der Waals surface area contributed by atoms with Gasteiger partial charge in [-0.2, -0.15) is 0 Å². The van der Waals surface area contributed by atoms with Gasteiger partial charge in [0.25, 0.3) is 10.0 Å². The van der Waals surface area contributed by atoms with Gasteiger partial charge in [-0.25, -0.2) is 21.1 Å². The maximum Gasteiger partial charge on any atom is 0.261 e. The van der Waals surface area contributed by atoms with Gasteiger partial charge in [-0.05, 0) is 48.5 Å². The fourth-order valence-electron chi connectivity index (χ4n) is 2.89. The van der Waals surface area contributed by atoms with Crippen molar-refractivity contribution in [3.63, 3.8) is 0 Å². The van der Waals surface area contributed by atoms with Crippen LogP contribution in [0.3, 0.4) is 0 Å². The molecule has 1 unspecified atom stereocenters. The molecule has 1 aliphatic rings. The number of sulfonamides is 2. The molecule has 1 fully saturated rings. The molecule has 11 heteroatoms. The first kappa shape index (κ1) is 20.8. The van der Waals surface area contributed by atoms with Gasteiger partial charge < -0.3 is 5.32 Å². The molecule has 1 heterocycles. The Balaban J connectivity index is 1.80. The topological polar surface area (TPSA) is 130 Å². The molecule has 3 rings (SSSR count). The van der Waals surface area contributed by atoms with Gasteiger partial charge in [-0.3, -0.25) is 14.3 Å². The van der Waals surface area contributed by atoms with Gasteiger partial charge in [0.15, 0.2) is 0 Å². The first-order valence-corrected chi connectivity index (χ1v) is 11.7. The lowest BCUT2D eigenvalue weighted by atomic mass is 10.2. The van der Waals surface area contributed by atoms with Crippen LogP contribution in [0, 0.1) is 5.92 Å². The molecule has 0 radical (unpaired) electrons. The molecule has 2 aromatic rings. The summed E-state index contributed by atoms with van der Waals surface area (Å²) < 4.78 is 52.5. The Hall–Kier alpha value is -2.92. The quantitative estimate of drug-likeness (QED) is 0.733. The summed E-state index contributed by atoms with van der Waals surface area (Å²) in [6, 6.07) is 11.1. The zero-order valence-electron chi connectivity index (χ0n) is 15.6. The van der Waals surface area contributed by atoms with E-state index in [9.17, 15) is 26.4 Å². The molecule has 2 N–H and O–H groups in total. The van der Waals surface area contributed by atoms with Crippen LogP contribution in [0.5, 0.6) is 0 Å². The third-order valence-corrected chi connectivity index (χ3v) is 7.47. The molecule has 0 spiro atoms. The second-order valence-electron chi connectivity index (χ2n) is 6.64. The first-order valence-electron chi connectivity index (χ1n) is 8.57. The van der Waals surface area contributed by atoms with E-state index in [2.05, 4.69) is 10.0 Å². The molecular formula is C18H19N3O6S2. The molecule has 1 aliphatic heterocycles. The number of hydrogen-bond donors (Lipinski definition) is 2. The number of nitrogens with zero attached hydrogens (tertiary/aromatic N) is 1. The maximum atomic E-state index is 12.6. The van der Waals surface area contributed by atoms with Crippen molar-refractivity contribution in [2.75, 3.05) is 20.1 Å². The predicted octanol–water partition coefficient (Wildman–Crippen LogP) is 1.76. The molecule has 0 aliphatic carbocycles. The Morgan fingerprint density at radius 2 is 1.59 bits per heavy atom. The fraction of sp³-hybridized carbons (Fsp3) is 0.222. The Bertz CT molecular complexity index is 1160. The van der Waals surface area contributed by atoms with Crippen molar-refractivity contribution in [2.45, 2.75) is 18.7 Å². The normalized spacial score (nSPS) is 18.5. The maximum absolute atomic E-state index is 12.6. The van der Waals surface area contributed by atoms with E-state index in [0.29, 0.717) is 9.99 Å². The molecule has 2 amide bonds. The van der Waals surface area contributed by atoms with Crippen LogP contribution in [-0.2, 0) is 29.6 Å². The van der Waals surface area contributed by atoms with Gasteiger partial charge in [0.05, 0.1) is 22.3 Å². The van der Waals surface area contributed by atoms with E-state index in [4.69, 9.17) is 0 Å². The molecular weight excluding hydrogens is 418 g/mol. The Morgan fingerprint density at radius 3 is 2.07 bits per heavy atom. The minimum Gasteiger partial charge on any atom is -0.326 e. The Labute approximate surface area is 168 Å². The smallest absolute Gasteiger partial charge is 0.261 e. The lowest BCUT2D eigenvalue weighted by Gasteiger charge is -2.16. The highest BCUT2D eigenvalue weighted by atomic mass is 32.2. The summed E-state index contributed by atoms with van der Waals surface area (Å²) in [6.07, 6.45) is 0. The number of rotatable bonds is 5. The average Bonchev–Trinajstić information content (AvgIpc) is 2.83.